The molecule has 0 aliphatic carbocycles. The van der Waals surface area contributed by atoms with Crippen LogP contribution in [0.3, 0.4) is 0 Å². The third kappa shape index (κ3) is 3.05. The van der Waals surface area contributed by atoms with Gasteiger partial charge in [-0.3, -0.25) is 4.79 Å². The summed E-state index contributed by atoms with van der Waals surface area (Å²) in [5, 5.41) is 6.77. The average molecular weight is 297 g/mol. The summed E-state index contributed by atoms with van der Waals surface area (Å²) in [4.78, 5) is 27.5. The van der Waals surface area contributed by atoms with Crippen molar-refractivity contribution >= 4 is 29.1 Å². The van der Waals surface area contributed by atoms with Gasteiger partial charge in [0.2, 0.25) is 0 Å². The lowest BCUT2D eigenvalue weighted by Gasteiger charge is -2.11. The Labute approximate surface area is 119 Å². The van der Waals surface area contributed by atoms with Crippen molar-refractivity contribution in [3.8, 4) is 0 Å². The fourth-order valence-corrected chi connectivity index (χ4v) is 1.71. The minimum Gasteiger partial charge on any atom is -0.464 e. The summed E-state index contributed by atoms with van der Waals surface area (Å²) >= 11 is 5.75. The van der Waals surface area contributed by atoms with Gasteiger partial charge in [-0.1, -0.05) is 11.6 Å². The Morgan fingerprint density at radius 3 is 2.95 bits per heavy atom. The number of esters is 1. The molecule has 0 aromatic carbocycles. The van der Waals surface area contributed by atoms with Gasteiger partial charge in [0.1, 0.15) is 16.9 Å². The molecule has 7 nitrogen and oxygen atoms in total. The number of imidazole rings is 1. The molecule has 0 bridgehead atoms. The highest BCUT2D eigenvalue weighted by molar-refractivity contribution is 6.29. The number of amides is 1. The summed E-state index contributed by atoms with van der Waals surface area (Å²) in [6.07, 6.45) is 1.44. The number of rotatable bonds is 4. The molecule has 2 aromatic rings. The zero-order chi connectivity index (χ0) is 14.7. The Morgan fingerprint density at radius 2 is 2.25 bits per heavy atom. The van der Waals surface area contributed by atoms with Crippen LogP contribution in [0.2, 0.25) is 5.15 Å². The maximum absolute atomic E-state index is 12.0. The smallest absolute Gasteiger partial charge is 0.328 e. The fourth-order valence-electron chi connectivity index (χ4n) is 1.56. The van der Waals surface area contributed by atoms with E-state index in [1.807, 2.05) is 0 Å². The molecule has 2 heterocycles. The number of aromatic nitrogens is 3. The summed E-state index contributed by atoms with van der Waals surface area (Å²) in [6.45, 7) is 3.50. The first kappa shape index (κ1) is 14.3. The zero-order valence-electron chi connectivity index (χ0n) is 11.0. The van der Waals surface area contributed by atoms with E-state index in [9.17, 15) is 9.59 Å². The minimum absolute atomic E-state index is 0.149. The summed E-state index contributed by atoms with van der Waals surface area (Å²) in [5.74, 6) is -0.974. The number of hydrogen-bond acceptors (Lipinski definition) is 5. The van der Waals surface area contributed by atoms with Gasteiger partial charge in [0.25, 0.3) is 5.91 Å². The van der Waals surface area contributed by atoms with Crippen LogP contribution >= 0.6 is 11.6 Å². The van der Waals surface area contributed by atoms with Gasteiger partial charge in [-0.2, -0.15) is 5.10 Å². The van der Waals surface area contributed by atoms with Crippen LogP contribution in [-0.2, 0) is 9.53 Å². The molecule has 2 aromatic heterocycles. The number of ether oxygens (including phenoxy) is 1. The summed E-state index contributed by atoms with van der Waals surface area (Å²) in [6, 6.07) is 2.47. The highest BCUT2D eigenvalue weighted by Crippen LogP contribution is 2.08. The lowest BCUT2D eigenvalue weighted by molar-refractivity contribution is -0.144. The molecule has 8 heteroatoms. The molecule has 0 saturated carbocycles. The van der Waals surface area contributed by atoms with Crippen LogP contribution in [-0.4, -0.2) is 39.1 Å². The average Bonchev–Trinajstić information content (AvgIpc) is 2.81. The summed E-state index contributed by atoms with van der Waals surface area (Å²) in [5.41, 5.74) is 0.638. The third-order valence-electron chi connectivity index (χ3n) is 2.51. The Hall–Kier alpha value is -2.15. The monoisotopic (exact) mass is 296 g/mol. The van der Waals surface area contributed by atoms with E-state index < -0.39 is 17.9 Å². The normalized spacial score (nSPS) is 12.2. The van der Waals surface area contributed by atoms with Crippen LogP contribution in [0.15, 0.2) is 18.3 Å². The van der Waals surface area contributed by atoms with Gasteiger partial charge in [-0.05, 0) is 26.0 Å². The zero-order valence-corrected chi connectivity index (χ0v) is 11.7. The number of carbonyl (C=O) groups excluding carboxylic acids is 2. The highest BCUT2D eigenvalue weighted by atomic mass is 35.5. The number of nitrogens with zero attached hydrogens (tertiary/aromatic N) is 3. The Morgan fingerprint density at radius 1 is 1.50 bits per heavy atom. The van der Waals surface area contributed by atoms with Crippen molar-refractivity contribution in [1.82, 2.24) is 19.9 Å². The van der Waals surface area contributed by atoms with E-state index in [1.165, 1.54) is 10.7 Å². The van der Waals surface area contributed by atoms with Crippen molar-refractivity contribution in [3.63, 3.8) is 0 Å². The van der Waals surface area contributed by atoms with E-state index in [4.69, 9.17) is 16.3 Å². The minimum atomic E-state index is -0.746. The van der Waals surface area contributed by atoms with Crippen LogP contribution < -0.4 is 5.32 Å². The number of nitrogens with one attached hydrogen (secondary N) is 1. The van der Waals surface area contributed by atoms with Crippen LogP contribution in [0.1, 0.15) is 24.3 Å². The standard InChI is InChI=1S/C12H13ClN4O3/c1-3-20-12(19)7(2)14-11(18)8-6-17-10(15-8)5-4-9(13)16-17/h4-7H,3H2,1-2H3,(H,14,18). The SMILES string of the molecule is CCOC(=O)C(C)NC(=O)c1cn2nc(Cl)ccc2n1. The Bertz CT molecular complexity index is 655. The van der Waals surface area contributed by atoms with Crippen LogP contribution in [0.5, 0.6) is 0 Å². The molecule has 0 aliphatic rings. The van der Waals surface area contributed by atoms with Gasteiger partial charge in [0, 0.05) is 0 Å². The maximum atomic E-state index is 12.0. The second-order valence-electron chi connectivity index (χ2n) is 4.03. The number of halogens is 1. The van der Waals surface area contributed by atoms with Crippen molar-refractivity contribution in [3.05, 3.63) is 29.2 Å². The Kier molecular flexibility index (Phi) is 4.19. The van der Waals surface area contributed by atoms with Gasteiger partial charge >= 0.3 is 5.97 Å². The van der Waals surface area contributed by atoms with E-state index in [0.29, 0.717) is 10.8 Å². The first-order chi connectivity index (χ1) is 9.51. The molecule has 20 heavy (non-hydrogen) atoms. The molecule has 1 unspecified atom stereocenters. The number of fused-ring (bicyclic) bond motifs is 1. The fraction of sp³-hybridized carbons (Fsp3) is 0.333. The molecule has 1 atom stereocenters. The molecule has 0 saturated heterocycles. The molecule has 0 fully saturated rings. The predicted octanol–water partition coefficient (Wildman–Crippen LogP) is 1.06. The van der Waals surface area contributed by atoms with Crippen molar-refractivity contribution in [1.29, 1.82) is 0 Å². The summed E-state index contributed by atoms with van der Waals surface area (Å²) < 4.78 is 6.20. The van der Waals surface area contributed by atoms with Crippen molar-refractivity contribution in [2.45, 2.75) is 19.9 Å². The van der Waals surface area contributed by atoms with Gasteiger partial charge in [-0.25, -0.2) is 14.3 Å². The molecular formula is C12H13ClN4O3. The number of hydrogen-bond donors (Lipinski definition) is 1. The van der Waals surface area contributed by atoms with Crippen molar-refractivity contribution < 1.29 is 14.3 Å². The first-order valence-corrected chi connectivity index (χ1v) is 6.38. The molecule has 106 valence electrons. The first-order valence-electron chi connectivity index (χ1n) is 6.00. The van der Waals surface area contributed by atoms with Gasteiger partial charge in [0.05, 0.1) is 12.8 Å². The van der Waals surface area contributed by atoms with Crippen molar-refractivity contribution in [2.24, 2.45) is 0 Å². The lowest BCUT2D eigenvalue weighted by atomic mass is 10.3. The molecule has 0 radical (unpaired) electrons. The van der Waals surface area contributed by atoms with Crippen LogP contribution in [0.25, 0.3) is 5.65 Å². The quantitative estimate of drug-likeness (QED) is 0.853. The Balaban J connectivity index is 2.13. The van der Waals surface area contributed by atoms with Gasteiger partial charge in [0.15, 0.2) is 5.65 Å². The van der Waals surface area contributed by atoms with Crippen LogP contribution in [0, 0.1) is 0 Å². The van der Waals surface area contributed by atoms with Crippen molar-refractivity contribution in [2.75, 3.05) is 6.61 Å². The molecule has 1 amide bonds. The predicted molar refractivity (Wildman–Crippen MR) is 71.6 cm³/mol. The maximum Gasteiger partial charge on any atom is 0.328 e. The van der Waals surface area contributed by atoms with E-state index >= 15 is 0 Å². The van der Waals surface area contributed by atoms with E-state index in [0.717, 1.165) is 0 Å². The van der Waals surface area contributed by atoms with E-state index in [1.54, 1.807) is 26.0 Å². The molecule has 2 rings (SSSR count). The topological polar surface area (TPSA) is 85.6 Å². The highest BCUT2D eigenvalue weighted by Gasteiger charge is 2.19. The second-order valence-corrected chi connectivity index (χ2v) is 4.42. The van der Waals surface area contributed by atoms with Gasteiger partial charge < -0.3 is 10.1 Å². The molecular weight excluding hydrogens is 284 g/mol. The molecule has 0 spiro atoms. The molecule has 1 N–H and O–H groups in total. The third-order valence-corrected chi connectivity index (χ3v) is 2.71. The van der Waals surface area contributed by atoms with E-state index in [-0.39, 0.29) is 12.3 Å². The van der Waals surface area contributed by atoms with E-state index in [2.05, 4.69) is 15.4 Å². The van der Waals surface area contributed by atoms with Crippen LogP contribution in [0.4, 0.5) is 0 Å². The largest absolute Gasteiger partial charge is 0.464 e. The summed E-state index contributed by atoms with van der Waals surface area (Å²) in [7, 11) is 0. The lowest BCUT2D eigenvalue weighted by Crippen LogP contribution is -2.39. The van der Waals surface area contributed by atoms with Gasteiger partial charge in [-0.15, -0.1) is 0 Å². The second kappa shape index (κ2) is 5.87. The number of carbonyl (C=O) groups is 2. The molecule has 0 aliphatic heterocycles.